The molecular weight excluding hydrogens is 358 g/mol. The molecule has 0 saturated carbocycles. The number of fused-ring (bicyclic) bond motifs is 2. The number of anilines is 2. The summed E-state index contributed by atoms with van der Waals surface area (Å²) >= 11 is 0. The highest BCUT2D eigenvalue weighted by molar-refractivity contribution is 5.73. The largest absolute Gasteiger partial charge is 0.405 e. The molecule has 2 aromatic carbocycles. The lowest BCUT2D eigenvalue weighted by molar-refractivity contribution is -0.675. The van der Waals surface area contributed by atoms with E-state index in [1.807, 2.05) is 36.0 Å². The topological polar surface area (TPSA) is 19.6 Å². The van der Waals surface area contributed by atoms with Gasteiger partial charge in [0.25, 0.3) is 0 Å². The molecule has 0 fully saturated rings. The lowest BCUT2D eigenvalue weighted by Crippen LogP contribution is -2.29. The molecule has 0 saturated heterocycles. The fraction of sp³-hybridized carbons (Fsp3) is 0.320. The van der Waals surface area contributed by atoms with Gasteiger partial charge in [0.15, 0.2) is 6.20 Å². The summed E-state index contributed by atoms with van der Waals surface area (Å²) in [5.41, 5.74) is 5.29. The number of nitrogens with zero attached hydrogens (tertiary/aromatic N) is 3. The highest BCUT2D eigenvalue weighted by Crippen LogP contribution is 2.40. The molecule has 4 nitrogen and oxygen atoms in total. The Kier molecular flexibility index (Phi) is 5.81. The van der Waals surface area contributed by atoms with Crippen LogP contribution in [0.25, 0.3) is 0 Å². The van der Waals surface area contributed by atoms with Crippen molar-refractivity contribution in [2.45, 2.75) is 19.3 Å². The van der Waals surface area contributed by atoms with E-state index in [-0.39, 0.29) is 0 Å². The Balaban J connectivity index is 1.73. The zero-order valence-corrected chi connectivity index (χ0v) is 17.6. The molecular formula is C25H30N3O+. The highest BCUT2D eigenvalue weighted by Gasteiger charge is 2.23. The molecule has 1 aliphatic heterocycles. The molecule has 4 heteroatoms. The van der Waals surface area contributed by atoms with Crippen LogP contribution in [0, 0.1) is 0 Å². The normalized spacial score (nSPS) is 13.0. The molecule has 0 N–H and O–H groups in total. The van der Waals surface area contributed by atoms with Crippen molar-refractivity contribution in [3.8, 4) is 11.6 Å². The van der Waals surface area contributed by atoms with Gasteiger partial charge in [-0.1, -0.05) is 24.3 Å². The standard InChI is InChI=1S/C25H30N3O/c1-26(2)17-9-19-28-22-11-5-4-10-20(22)15-16-21-23(28)12-8-13-24(21)29-25-14-6-7-18-27(25)3/h4-8,10-14,18H,9,15-17,19H2,1-3H3/q+1. The molecule has 0 aliphatic carbocycles. The van der Waals surface area contributed by atoms with Gasteiger partial charge in [0.2, 0.25) is 0 Å². The Bertz CT molecular complexity index is 983. The minimum atomic E-state index is 0.849. The van der Waals surface area contributed by atoms with E-state index in [1.165, 1.54) is 22.5 Å². The Morgan fingerprint density at radius 3 is 2.55 bits per heavy atom. The average molecular weight is 389 g/mol. The Morgan fingerprint density at radius 2 is 1.72 bits per heavy atom. The maximum absolute atomic E-state index is 6.38. The monoisotopic (exact) mass is 388 g/mol. The van der Waals surface area contributed by atoms with Crippen LogP contribution in [0.3, 0.4) is 0 Å². The van der Waals surface area contributed by atoms with E-state index in [0.717, 1.165) is 44.0 Å². The third-order valence-electron chi connectivity index (χ3n) is 5.53. The van der Waals surface area contributed by atoms with Crippen LogP contribution in [0.15, 0.2) is 66.9 Å². The summed E-state index contributed by atoms with van der Waals surface area (Å²) in [5, 5.41) is 0. The van der Waals surface area contributed by atoms with Crippen molar-refractivity contribution >= 4 is 11.4 Å². The lowest BCUT2D eigenvalue weighted by atomic mass is 10.0. The molecule has 29 heavy (non-hydrogen) atoms. The van der Waals surface area contributed by atoms with Crippen LogP contribution >= 0.6 is 0 Å². The van der Waals surface area contributed by atoms with Crippen LogP contribution in [-0.2, 0) is 19.9 Å². The second-order valence-electron chi connectivity index (χ2n) is 7.94. The molecule has 0 unspecified atom stereocenters. The molecule has 1 aliphatic rings. The number of hydrogen-bond donors (Lipinski definition) is 0. The van der Waals surface area contributed by atoms with Gasteiger partial charge >= 0.3 is 5.88 Å². The zero-order valence-electron chi connectivity index (χ0n) is 17.6. The van der Waals surface area contributed by atoms with E-state index in [9.17, 15) is 0 Å². The molecule has 2 heterocycles. The number of aromatic nitrogens is 1. The molecule has 0 bridgehead atoms. The lowest BCUT2D eigenvalue weighted by Gasteiger charge is -2.28. The van der Waals surface area contributed by atoms with Gasteiger partial charge in [-0.15, -0.1) is 0 Å². The third-order valence-corrected chi connectivity index (χ3v) is 5.53. The first-order valence-corrected chi connectivity index (χ1v) is 10.4. The zero-order chi connectivity index (χ0) is 20.2. The molecule has 0 radical (unpaired) electrons. The summed E-state index contributed by atoms with van der Waals surface area (Å²) in [6.07, 6.45) is 5.12. The van der Waals surface area contributed by atoms with E-state index in [2.05, 4.69) is 66.4 Å². The summed E-state index contributed by atoms with van der Waals surface area (Å²) in [6.45, 7) is 2.06. The average Bonchev–Trinajstić information content (AvgIpc) is 2.87. The van der Waals surface area contributed by atoms with E-state index in [0.29, 0.717) is 0 Å². The molecule has 150 valence electrons. The van der Waals surface area contributed by atoms with Gasteiger partial charge in [0.1, 0.15) is 12.8 Å². The van der Waals surface area contributed by atoms with Crippen molar-refractivity contribution in [2.75, 3.05) is 32.1 Å². The van der Waals surface area contributed by atoms with Crippen molar-refractivity contribution in [3.63, 3.8) is 0 Å². The number of benzene rings is 2. The van der Waals surface area contributed by atoms with Gasteiger partial charge in [-0.05, 0) is 69.7 Å². The number of pyridine rings is 1. The van der Waals surface area contributed by atoms with Gasteiger partial charge in [-0.2, -0.15) is 4.57 Å². The van der Waals surface area contributed by atoms with Crippen LogP contribution in [0.1, 0.15) is 17.5 Å². The van der Waals surface area contributed by atoms with Gasteiger partial charge < -0.3 is 14.5 Å². The summed E-state index contributed by atoms with van der Waals surface area (Å²) in [6, 6.07) is 21.3. The van der Waals surface area contributed by atoms with Crippen molar-refractivity contribution < 1.29 is 9.30 Å². The van der Waals surface area contributed by atoms with Gasteiger partial charge in [0.05, 0.1) is 6.07 Å². The summed E-state index contributed by atoms with van der Waals surface area (Å²) in [7, 11) is 6.28. The highest BCUT2D eigenvalue weighted by atomic mass is 16.5. The number of ether oxygens (including phenoxy) is 1. The second kappa shape index (κ2) is 8.66. The Hall–Kier alpha value is -2.85. The second-order valence-corrected chi connectivity index (χ2v) is 7.94. The fourth-order valence-corrected chi connectivity index (χ4v) is 4.04. The first-order chi connectivity index (χ1) is 14.1. The van der Waals surface area contributed by atoms with Crippen molar-refractivity contribution in [3.05, 3.63) is 78.0 Å². The molecule has 4 rings (SSSR count). The van der Waals surface area contributed by atoms with Crippen LogP contribution < -0.4 is 14.2 Å². The number of para-hydroxylation sites is 1. The Labute approximate surface area is 174 Å². The van der Waals surface area contributed by atoms with E-state index in [1.54, 1.807) is 0 Å². The first-order valence-electron chi connectivity index (χ1n) is 10.4. The quantitative estimate of drug-likeness (QED) is 0.580. The number of rotatable bonds is 6. The van der Waals surface area contributed by atoms with E-state index >= 15 is 0 Å². The molecule has 0 atom stereocenters. The summed E-state index contributed by atoms with van der Waals surface area (Å²) in [5.74, 6) is 1.80. The SMILES string of the molecule is CN(C)CCCN1c2ccccc2CCc2c(Oc3cccc[n+]3C)cccc21. The molecule has 0 spiro atoms. The van der Waals surface area contributed by atoms with Crippen molar-refractivity contribution in [2.24, 2.45) is 7.05 Å². The third kappa shape index (κ3) is 4.28. The van der Waals surface area contributed by atoms with E-state index in [4.69, 9.17) is 4.74 Å². The molecule has 1 aromatic heterocycles. The molecule has 0 amide bonds. The van der Waals surface area contributed by atoms with Gasteiger partial charge in [-0.25, -0.2) is 0 Å². The maximum atomic E-state index is 6.38. The van der Waals surface area contributed by atoms with Crippen LogP contribution in [0.2, 0.25) is 0 Å². The summed E-state index contributed by atoms with van der Waals surface area (Å²) in [4.78, 5) is 4.73. The predicted molar refractivity (Wildman–Crippen MR) is 118 cm³/mol. The van der Waals surface area contributed by atoms with Gasteiger partial charge in [-0.3, -0.25) is 0 Å². The minimum Gasteiger partial charge on any atom is -0.405 e. The minimum absolute atomic E-state index is 0.849. The van der Waals surface area contributed by atoms with Crippen molar-refractivity contribution in [1.29, 1.82) is 0 Å². The Morgan fingerprint density at radius 1 is 0.931 bits per heavy atom. The smallest absolute Gasteiger partial charge is 0.373 e. The number of hydrogen-bond acceptors (Lipinski definition) is 3. The van der Waals surface area contributed by atoms with Gasteiger partial charge in [0, 0.05) is 29.5 Å². The predicted octanol–water partition coefficient (Wildman–Crippen LogP) is 4.49. The van der Waals surface area contributed by atoms with Crippen LogP contribution in [0.4, 0.5) is 11.4 Å². The number of aryl methyl sites for hydroxylation is 2. The van der Waals surface area contributed by atoms with Crippen LogP contribution in [0.5, 0.6) is 11.6 Å². The van der Waals surface area contributed by atoms with Crippen LogP contribution in [-0.4, -0.2) is 32.1 Å². The maximum Gasteiger partial charge on any atom is 0.373 e. The summed E-state index contributed by atoms with van der Waals surface area (Å²) < 4.78 is 8.39. The van der Waals surface area contributed by atoms with E-state index < -0.39 is 0 Å². The molecule has 3 aromatic rings. The fourth-order valence-electron chi connectivity index (χ4n) is 4.04. The first kappa shape index (κ1) is 19.5. The van der Waals surface area contributed by atoms with Crippen molar-refractivity contribution in [1.82, 2.24) is 4.90 Å².